The second kappa shape index (κ2) is 10.2. The summed E-state index contributed by atoms with van der Waals surface area (Å²) in [6.07, 6.45) is 1.28. The van der Waals surface area contributed by atoms with E-state index in [1.165, 1.54) is 21.7 Å². The number of anilines is 1. The van der Waals surface area contributed by atoms with Gasteiger partial charge in [-0.2, -0.15) is 4.31 Å². The van der Waals surface area contributed by atoms with Gasteiger partial charge in [-0.05, 0) is 70.1 Å². The number of fused-ring (bicyclic) bond motifs is 1. The highest BCUT2D eigenvalue weighted by atomic mass is 35.5. The minimum Gasteiger partial charge on any atom is -0.308 e. The van der Waals surface area contributed by atoms with E-state index in [4.69, 9.17) is 16.6 Å². The summed E-state index contributed by atoms with van der Waals surface area (Å²) in [6, 6.07) is 7.31. The number of aromatic nitrogens is 1. The van der Waals surface area contributed by atoms with Crippen LogP contribution in [0, 0.1) is 19.8 Å². The van der Waals surface area contributed by atoms with Gasteiger partial charge < -0.3 is 4.90 Å². The quantitative estimate of drug-likeness (QED) is 0.437. The van der Waals surface area contributed by atoms with E-state index < -0.39 is 15.9 Å². The number of hydrogen-bond acceptors (Lipinski definition) is 7. The second-order valence-electron chi connectivity index (χ2n) is 8.98. The van der Waals surface area contributed by atoms with E-state index in [-0.39, 0.29) is 16.7 Å². The van der Waals surface area contributed by atoms with Crippen LogP contribution in [-0.4, -0.2) is 68.8 Å². The Balaban J connectivity index is 1.62. The van der Waals surface area contributed by atoms with Crippen LogP contribution in [0.4, 0.5) is 5.13 Å². The molecule has 2 aromatic heterocycles. The van der Waals surface area contributed by atoms with Gasteiger partial charge in [0.15, 0.2) is 5.13 Å². The average molecular weight is 541 g/mol. The van der Waals surface area contributed by atoms with Gasteiger partial charge in [0.2, 0.25) is 5.91 Å². The summed E-state index contributed by atoms with van der Waals surface area (Å²) in [4.78, 5) is 22.4. The highest BCUT2D eigenvalue weighted by Gasteiger charge is 2.36. The van der Waals surface area contributed by atoms with Crippen LogP contribution in [-0.2, 0) is 14.8 Å². The van der Waals surface area contributed by atoms with Crippen molar-refractivity contribution in [3.05, 3.63) is 39.7 Å². The van der Waals surface area contributed by atoms with Gasteiger partial charge in [0.1, 0.15) is 4.21 Å². The van der Waals surface area contributed by atoms with Crippen molar-refractivity contribution in [1.29, 1.82) is 0 Å². The Morgan fingerprint density at radius 3 is 2.65 bits per heavy atom. The lowest BCUT2D eigenvalue weighted by molar-refractivity contribution is -0.123. The van der Waals surface area contributed by atoms with E-state index in [1.807, 2.05) is 25.9 Å². The summed E-state index contributed by atoms with van der Waals surface area (Å²) in [5.74, 6) is -0.490. The van der Waals surface area contributed by atoms with Crippen molar-refractivity contribution in [3.63, 3.8) is 0 Å². The Bertz CT molecular complexity index is 1300. The van der Waals surface area contributed by atoms with E-state index in [9.17, 15) is 13.2 Å². The number of carbonyl (C=O) groups is 1. The van der Waals surface area contributed by atoms with Crippen molar-refractivity contribution in [2.24, 2.45) is 5.92 Å². The summed E-state index contributed by atoms with van der Waals surface area (Å²) >= 11 is 8.53. The number of aryl methyl sites for hydroxylation is 2. The fraction of sp³-hybridized carbons (Fsp3) is 0.478. The number of halogens is 1. The lowest BCUT2D eigenvalue weighted by Gasteiger charge is -2.33. The molecule has 0 spiro atoms. The van der Waals surface area contributed by atoms with Gasteiger partial charge in [0.05, 0.1) is 20.5 Å². The molecule has 11 heteroatoms. The molecule has 1 aromatic carbocycles. The molecular formula is C23H29ClN4O3S3. The summed E-state index contributed by atoms with van der Waals surface area (Å²) in [7, 11) is 0.257. The van der Waals surface area contributed by atoms with Gasteiger partial charge in [-0.1, -0.05) is 29.0 Å². The molecule has 34 heavy (non-hydrogen) atoms. The number of amides is 1. The van der Waals surface area contributed by atoms with Crippen molar-refractivity contribution in [1.82, 2.24) is 14.2 Å². The van der Waals surface area contributed by atoms with Crippen LogP contribution in [0.3, 0.4) is 0 Å². The molecule has 1 fully saturated rings. The zero-order valence-corrected chi connectivity index (χ0v) is 23.0. The molecule has 1 aliphatic heterocycles. The maximum absolute atomic E-state index is 13.8. The van der Waals surface area contributed by atoms with E-state index in [0.29, 0.717) is 41.9 Å². The number of piperidine rings is 1. The smallest absolute Gasteiger partial charge is 0.252 e. The molecule has 0 bridgehead atoms. The molecule has 1 atom stereocenters. The highest BCUT2D eigenvalue weighted by Crippen LogP contribution is 2.34. The van der Waals surface area contributed by atoms with Crippen molar-refractivity contribution in [2.45, 2.75) is 30.9 Å². The molecule has 1 amide bonds. The first kappa shape index (κ1) is 25.5. The SMILES string of the molecule is Cc1cc(C)c2nc(N(CCN(C)C)C(=O)C3CCCN(S(=O)(=O)c4ccc(Cl)s4)C3)sc2c1. The summed E-state index contributed by atoms with van der Waals surface area (Å²) in [5.41, 5.74) is 3.16. The predicted molar refractivity (Wildman–Crippen MR) is 141 cm³/mol. The first-order valence-corrected chi connectivity index (χ1v) is 14.6. The van der Waals surface area contributed by atoms with Gasteiger partial charge >= 0.3 is 0 Å². The molecule has 0 N–H and O–H groups in total. The van der Waals surface area contributed by atoms with Crippen molar-refractivity contribution in [2.75, 3.05) is 45.2 Å². The van der Waals surface area contributed by atoms with Crippen LogP contribution in [0.1, 0.15) is 24.0 Å². The van der Waals surface area contributed by atoms with Crippen LogP contribution in [0.5, 0.6) is 0 Å². The predicted octanol–water partition coefficient (Wildman–Crippen LogP) is 4.62. The lowest BCUT2D eigenvalue weighted by Crippen LogP contribution is -2.48. The van der Waals surface area contributed by atoms with Gasteiger partial charge in [-0.25, -0.2) is 13.4 Å². The van der Waals surface area contributed by atoms with Crippen molar-refractivity contribution < 1.29 is 13.2 Å². The third kappa shape index (κ3) is 5.32. The zero-order chi connectivity index (χ0) is 24.6. The monoisotopic (exact) mass is 540 g/mol. The van der Waals surface area contributed by atoms with Crippen LogP contribution in [0.2, 0.25) is 4.34 Å². The lowest BCUT2D eigenvalue weighted by atomic mass is 9.98. The number of thiophene rings is 1. The number of likely N-dealkylation sites (N-methyl/N-ethyl adjacent to an activating group) is 1. The minimum absolute atomic E-state index is 0.0700. The molecule has 1 aliphatic rings. The van der Waals surface area contributed by atoms with Crippen LogP contribution in [0.15, 0.2) is 28.5 Å². The summed E-state index contributed by atoms with van der Waals surface area (Å²) in [6.45, 7) is 5.83. The highest BCUT2D eigenvalue weighted by molar-refractivity contribution is 7.91. The van der Waals surface area contributed by atoms with Crippen molar-refractivity contribution in [3.8, 4) is 0 Å². The fourth-order valence-electron chi connectivity index (χ4n) is 4.22. The average Bonchev–Trinajstić information content (AvgIpc) is 3.40. The molecule has 184 valence electrons. The molecule has 1 saturated heterocycles. The van der Waals surface area contributed by atoms with Crippen LogP contribution in [0.25, 0.3) is 10.2 Å². The Morgan fingerprint density at radius 2 is 1.97 bits per heavy atom. The zero-order valence-electron chi connectivity index (χ0n) is 19.7. The number of benzene rings is 1. The number of thiazole rings is 1. The summed E-state index contributed by atoms with van der Waals surface area (Å²) < 4.78 is 29.4. The number of sulfonamides is 1. The minimum atomic E-state index is -3.68. The maximum Gasteiger partial charge on any atom is 0.252 e. The van der Waals surface area contributed by atoms with Gasteiger partial charge in [-0.3, -0.25) is 9.69 Å². The first-order valence-electron chi connectivity index (χ1n) is 11.2. The van der Waals surface area contributed by atoms with Gasteiger partial charge in [-0.15, -0.1) is 11.3 Å². The number of rotatable bonds is 7. The largest absolute Gasteiger partial charge is 0.308 e. The maximum atomic E-state index is 13.8. The molecule has 0 saturated carbocycles. The first-order chi connectivity index (χ1) is 16.1. The molecule has 0 aliphatic carbocycles. The molecule has 3 heterocycles. The topological polar surface area (TPSA) is 73.8 Å². The molecule has 0 radical (unpaired) electrons. The molecule has 1 unspecified atom stereocenters. The Morgan fingerprint density at radius 1 is 1.21 bits per heavy atom. The van der Waals surface area contributed by atoms with Crippen LogP contribution >= 0.6 is 34.3 Å². The molecular weight excluding hydrogens is 512 g/mol. The third-order valence-corrected chi connectivity index (χ3v) is 10.6. The van der Waals surface area contributed by atoms with E-state index in [2.05, 4.69) is 19.1 Å². The standard InChI is InChI=1S/C23H29ClN4O3S3/c1-15-12-16(2)21-18(13-15)32-23(25-21)28(11-10-26(3)4)22(29)17-6-5-9-27(14-17)34(30,31)20-8-7-19(24)33-20/h7-8,12-13,17H,5-6,9-11,14H2,1-4H3. The van der Waals surface area contributed by atoms with Gasteiger partial charge in [0, 0.05) is 26.2 Å². The number of carbonyl (C=O) groups excluding carboxylic acids is 1. The van der Waals surface area contributed by atoms with E-state index in [1.54, 1.807) is 11.0 Å². The number of nitrogens with zero attached hydrogens (tertiary/aromatic N) is 4. The Labute approximate surface area is 214 Å². The van der Waals surface area contributed by atoms with Crippen molar-refractivity contribution >= 4 is 65.6 Å². The Kier molecular flexibility index (Phi) is 7.66. The third-order valence-electron chi connectivity index (χ3n) is 5.96. The van der Waals surface area contributed by atoms with Gasteiger partial charge in [0.25, 0.3) is 10.0 Å². The Hall–Kier alpha value is -1.56. The second-order valence-corrected chi connectivity index (χ2v) is 13.9. The number of hydrogen-bond donors (Lipinski definition) is 0. The molecule has 3 aromatic rings. The fourth-order valence-corrected chi connectivity index (χ4v) is 8.55. The summed E-state index contributed by atoms with van der Waals surface area (Å²) in [5, 5.41) is 0.667. The van der Waals surface area contributed by atoms with E-state index >= 15 is 0 Å². The molecule has 4 rings (SSSR count). The molecule has 7 nitrogen and oxygen atoms in total. The van der Waals surface area contributed by atoms with E-state index in [0.717, 1.165) is 32.7 Å². The van der Waals surface area contributed by atoms with Crippen LogP contribution < -0.4 is 4.90 Å². The normalized spacial score (nSPS) is 17.5.